The van der Waals surface area contributed by atoms with E-state index in [0.717, 1.165) is 18.6 Å². The highest BCUT2D eigenvalue weighted by Crippen LogP contribution is 2.23. The van der Waals surface area contributed by atoms with E-state index in [9.17, 15) is 4.39 Å². The molecule has 0 spiro atoms. The number of hydrazine groups is 1. The number of nitrogens with two attached hydrogens (primary N) is 1. The molecule has 1 atom stereocenters. The summed E-state index contributed by atoms with van der Waals surface area (Å²) in [6.45, 7) is 4.38. The highest BCUT2D eigenvalue weighted by Gasteiger charge is 2.10. The van der Waals surface area contributed by atoms with Crippen molar-refractivity contribution in [2.45, 2.75) is 37.6 Å². The van der Waals surface area contributed by atoms with Gasteiger partial charge in [-0.05, 0) is 30.9 Å². The second-order valence-corrected chi connectivity index (χ2v) is 5.64. The molecule has 0 bridgehead atoms. The highest BCUT2D eigenvalue weighted by molar-refractivity contribution is 7.99. The van der Waals surface area contributed by atoms with Crippen LogP contribution in [0.15, 0.2) is 29.2 Å². The normalized spacial score (nSPS) is 13.0. The maximum atomic E-state index is 13.4. The van der Waals surface area contributed by atoms with E-state index in [-0.39, 0.29) is 11.9 Å². The summed E-state index contributed by atoms with van der Waals surface area (Å²) in [6.07, 6.45) is 2.16. The van der Waals surface area contributed by atoms with E-state index >= 15 is 0 Å². The Labute approximate surface area is 107 Å². The van der Waals surface area contributed by atoms with Crippen LogP contribution in [0.25, 0.3) is 0 Å². The largest absolute Gasteiger partial charge is 0.271 e. The fourth-order valence-corrected chi connectivity index (χ4v) is 2.53. The first-order chi connectivity index (χ1) is 8.13. The summed E-state index contributed by atoms with van der Waals surface area (Å²) in [7, 11) is 0. The molecule has 0 aliphatic rings. The number of hydrogen-bond donors (Lipinski definition) is 2. The third-order valence-electron chi connectivity index (χ3n) is 2.60. The van der Waals surface area contributed by atoms with Crippen LogP contribution in [0.3, 0.4) is 0 Å². The zero-order valence-electron chi connectivity index (χ0n) is 10.4. The molecule has 0 aromatic heterocycles. The lowest BCUT2D eigenvalue weighted by Crippen LogP contribution is -2.37. The van der Waals surface area contributed by atoms with Gasteiger partial charge in [0, 0.05) is 16.7 Å². The van der Waals surface area contributed by atoms with Crippen molar-refractivity contribution >= 4 is 11.8 Å². The Hall–Kier alpha value is -0.580. The molecule has 1 rings (SSSR count). The first kappa shape index (κ1) is 14.5. The summed E-state index contributed by atoms with van der Waals surface area (Å²) >= 11 is 1.51. The van der Waals surface area contributed by atoms with E-state index in [2.05, 4.69) is 19.3 Å². The zero-order chi connectivity index (χ0) is 12.7. The Balaban J connectivity index is 2.40. The summed E-state index contributed by atoms with van der Waals surface area (Å²) in [5.74, 6) is 6.82. The maximum Gasteiger partial charge on any atom is 0.136 e. The van der Waals surface area contributed by atoms with Crippen LogP contribution in [-0.4, -0.2) is 11.8 Å². The van der Waals surface area contributed by atoms with Gasteiger partial charge in [-0.15, -0.1) is 11.8 Å². The molecule has 0 fully saturated rings. The van der Waals surface area contributed by atoms with Crippen LogP contribution in [-0.2, 0) is 0 Å². The Kier molecular flexibility index (Phi) is 6.55. The molecule has 1 aromatic carbocycles. The molecule has 17 heavy (non-hydrogen) atoms. The zero-order valence-corrected chi connectivity index (χ0v) is 11.3. The van der Waals surface area contributed by atoms with Crippen LogP contribution in [0.2, 0.25) is 0 Å². The monoisotopic (exact) mass is 256 g/mol. The van der Waals surface area contributed by atoms with Gasteiger partial charge in [-0.1, -0.05) is 26.0 Å². The molecule has 0 saturated heterocycles. The minimum absolute atomic E-state index is 0.155. The molecule has 2 nitrogen and oxygen atoms in total. The lowest BCUT2D eigenvalue weighted by atomic mass is 10.0. The van der Waals surface area contributed by atoms with Crippen molar-refractivity contribution in [2.24, 2.45) is 11.8 Å². The van der Waals surface area contributed by atoms with Gasteiger partial charge in [0.25, 0.3) is 0 Å². The molecule has 3 N–H and O–H groups in total. The van der Waals surface area contributed by atoms with Crippen LogP contribution in [0.5, 0.6) is 0 Å². The lowest BCUT2D eigenvalue weighted by molar-refractivity contribution is 0.463. The molecule has 1 aromatic rings. The Morgan fingerprint density at radius 1 is 1.29 bits per heavy atom. The number of halogens is 1. The molecule has 0 aliphatic carbocycles. The van der Waals surface area contributed by atoms with Crippen molar-refractivity contribution < 1.29 is 4.39 Å². The predicted molar refractivity (Wildman–Crippen MR) is 72.3 cm³/mol. The second-order valence-electron chi connectivity index (χ2n) is 4.58. The number of benzene rings is 1. The SMILES string of the molecule is CC(C)CCC(CSc1ccccc1F)NN. The third-order valence-corrected chi connectivity index (χ3v) is 3.82. The first-order valence-electron chi connectivity index (χ1n) is 5.97. The van der Waals surface area contributed by atoms with Gasteiger partial charge in [0.15, 0.2) is 0 Å². The highest BCUT2D eigenvalue weighted by atomic mass is 32.2. The van der Waals surface area contributed by atoms with Gasteiger partial charge in [0.05, 0.1) is 0 Å². The Morgan fingerprint density at radius 2 is 2.00 bits per heavy atom. The first-order valence-corrected chi connectivity index (χ1v) is 6.95. The van der Waals surface area contributed by atoms with E-state index in [1.165, 1.54) is 17.8 Å². The number of rotatable bonds is 7. The van der Waals surface area contributed by atoms with Crippen LogP contribution < -0.4 is 11.3 Å². The van der Waals surface area contributed by atoms with Gasteiger partial charge in [-0.25, -0.2) is 4.39 Å². The third kappa shape index (κ3) is 5.52. The molecule has 0 aliphatic heterocycles. The van der Waals surface area contributed by atoms with Crippen molar-refractivity contribution in [2.75, 3.05) is 5.75 Å². The predicted octanol–water partition coefficient (Wildman–Crippen LogP) is 3.19. The molecule has 0 amide bonds. The molecule has 96 valence electrons. The van der Waals surface area contributed by atoms with Crippen molar-refractivity contribution in [3.8, 4) is 0 Å². The van der Waals surface area contributed by atoms with Crippen molar-refractivity contribution in [1.29, 1.82) is 0 Å². The summed E-state index contributed by atoms with van der Waals surface area (Å²) in [5.41, 5.74) is 2.80. The Bertz CT molecular complexity index is 331. The van der Waals surface area contributed by atoms with Crippen LogP contribution in [0.4, 0.5) is 4.39 Å². The van der Waals surface area contributed by atoms with Gasteiger partial charge >= 0.3 is 0 Å². The van der Waals surface area contributed by atoms with Gasteiger partial charge in [-0.3, -0.25) is 11.3 Å². The fraction of sp³-hybridized carbons (Fsp3) is 0.538. The molecule has 0 radical (unpaired) electrons. The van der Waals surface area contributed by atoms with Crippen LogP contribution in [0, 0.1) is 11.7 Å². The molecule has 0 heterocycles. The lowest BCUT2D eigenvalue weighted by Gasteiger charge is -2.16. The second kappa shape index (κ2) is 7.69. The van der Waals surface area contributed by atoms with E-state index in [1.54, 1.807) is 12.1 Å². The molecule has 4 heteroatoms. The molecular weight excluding hydrogens is 235 g/mol. The Morgan fingerprint density at radius 3 is 2.59 bits per heavy atom. The molecule has 1 unspecified atom stereocenters. The van der Waals surface area contributed by atoms with Gasteiger partial charge < -0.3 is 0 Å². The van der Waals surface area contributed by atoms with E-state index in [4.69, 9.17) is 5.84 Å². The van der Waals surface area contributed by atoms with Gasteiger partial charge in [-0.2, -0.15) is 0 Å². The topological polar surface area (TPSA) is 38.0 Å². The van der Waals surface area contributed by atoms with Gasteiger partial charge in [0.2, 0.25) is 0 Å². The smallest absolute Gasteiger partial charge is 0.136 e. The van der Waals surface area contributed by atoms with E-state index in [0.29, 0.717) is 10.8 Å². The summed E-state index contributed by atoms with van der Waals surface area (Å²) in [6, 6.07) is 7.08. The van der Waals surface area contributed by atoms with Crippen LogP contribution >= 0.6 is 11.8 Å². The maximum absolute atomic E-state index is 13.4. The molecular formula is C13H21FN2S. The van der Waals surface area contributed by atoms with Crippen molar-refractivity contribution in [1.82, 2.24) is 5.43 Å². The van der Waals surface area contributed by atoms with Crippen LogP contribution in [0.1, 0.15) is 26.7 Å². The number of nitrogens with one attached hydrogen (secondary N) is 1. The summed E-state index contributed by atoms with van der Waals surface area (Å²) < 4.78 is 13.4. The standard InChI is InChI=1S/C13H21FN2S/c1-10(2)7-8-11(16-15)9-17-13-6-4-3-5-12(13)14/h3-6,10-11,16H,7-9,15H2,1-2H3. The minimum Gasteiger partial charge on any atom is -0.271 e. The minimum atomic E-state index is -0.155. The molecule has 0 saturated carbocycles. The summed E-state index contributed by atoms with van der Waals surface area (Å²) in [5, 5.41) is 0. The average Bonchev–Trinajstić information content (AvgIpc) is 2.31. The summed E-state index contributed by atoms with van der Waals surface area (Å²) in [4.78, 5) is 0.692. The van der Waals surface area contributed by atoms with Crippen molar-refractivity contribution in [3.63, 3.8) is 0 Å². The number of thioether (sulfide) groups is 1. The quantitative estimate of drug-likeness (QED) is 0.447. The van der Waals surface area contributed by atoms with E-state index in [1.807, 2.05) is 6.07 Å². The number of hydrogen-bond acceptors (Lipinski definition) is 3. The average molecular weight is 256 g/mol. The van der Waals surface area contributed by atoms with E-state index < -0.39 is 0 Å². The fourth-order valence-electron chi connectivity index (χ4n) is 1.50. The van der Waals surface area contributed by atoms with Gasteiger partial charge in [0.1, 0.15) is 5.82 Å². The van der Waals surface area contributed by atoms with Crippen molar-refractivity contribution in [3.05, 3.63) is 30.1 Å².